The molecule has 2 heteroatoms. The van der Waals surface area contributed by atoms with E-state index in [1.54, 1.807) is 0 Å². The van der Waals surface area contributed by atoms with Crippen molar-refractivity contribution in [2.24, 2.45) is 5.92 Å². The Labute approximate surface area is 122 Å². The summed E-state index contributed by atoms with van der Waals surface area (Å²) < 4.78 is 11.3. The fourth-order valence-electron chi connectivity index (χ4n) is 3.87. The van der Waals surface area contributed by atoms with Crippen LogP contribution in [0.4, 0.5) is 0 Å². The molecule has 0 aromatic heterocycles. The first-order chi connectivity index (χ1) is 9.79. The van der Waals surface area contributed by atoms with Crippen LogP contribution in [-0.4, -0.2) is 13.2 Å². The van der Waals surface area contributed by atoms with Gasteiger partial charge in [-0.3, -0.25) is 0 Å². The molecule has 0 N–H and O–H groups in total. The Morgan fingerprint density at radius 1 is 1.10 bits per heavy atom. The third kappa shape index (κ3) is 2.77. The maximum atomic E-state index is 5.63. The molecule has 1 heterocycles. The van der Waals surface area contributed by atoms with E-state index in [-0.39, 0.29) is 6.29 Å². The SMILES string of the molecule is CCC1CCCCC1c1ccc(C2OCCO2)c(C)c1. The van der Waals surface area contributed by atoms with Gasteiger partial charge in [0.1, 0.15) is 0 Å². The van der Waals surface area contributed by atoms with Crippen molar-refractivity contribution in [1.29, 1.82) is 0 Å². The quantitative estimate of drug-likeness (QED) is 0.793. The van der Waals surface area contributed by atoms with Gasteiger partial charge in [0.2, 0.25) is 0 Å². The molecule has 110 valence electrons. The second-order valence-corrected chi connectivity index (χ2v) is 6.25. The lowest BCUT2D eigenvalue weighted by Gasteiger charge is -2.31. The molecule has 1 aromatic rings. The van der Waals surface area contributed by atoms with Gasteiger partial charge >= 0.3 is 0 Å². The minimum absolute atomic E-state index is 0.141. The van der Waals surface area contributed by atoms with Crippen molar-refractivity contribution in [3.63, 3.8) is 0 Å². The number of rotatable bonds is 3. The van der Waals surface area contributed by atoms with E-state index in [1.807, 2.05) is 0 Å². The Morgan fingerprint density at radius 3 is 2.55 bits per heavy atom. The number of benzene rings is 1. The van der Waals surface area contributed by atoms with Crippen LogP contribution in [-0.2, 0) is 9.47 Å². The van der Waals surface area contributed by atoms with Crippen LogP contribution in [0.1, 0.15) is 67.9 Å². The molecule has 0 bridgehead atoms. The summed E-state index contributed by atoms with van der Waals surface area (Å²) in [7, 11) is 0. The number of aryl methyl sites for hydroxylation is 1. The molecule has 20 heavy (non-hydrogen) atoms. The first-order valence-corrected chi connectivity index (χ1v) is 8.13. The second kappa shape index (κ2) is 6.28. The predicted octanol–water partition coefficient (Wildman–Crippen LogP) is 4.72. The van der Waals surface area contributed by atoms with Crippen LogP contribution < -0.4 is 0 Å². The lowest BCUT2D eigenvalue weighted by Crippen LogP contribution is -2.17. The normalized spacial score (nSPS) is 27.9. The van der Waals surface area contributed by atoms with Crippen molar-refractivity contribution in [1.82, 2.24) is 0 Å². The molecular formula is C18H26O2. The molecule has 1 saturated carbocycles. The highest BCUT2D eigenvalue weighted by atomic mass is 16.7. The van der Waals surface area contributed by atoms with Crippen molar-refractivity contribution >= 4 is 0 Å². The molecule has 2 aliphatic rings. The van der Waals surface area contributed by atoms with E-state index in [2.05, 4.69) is 32.0 Å². The molecule has 0 spiro atoms. The van der Waals surface area contributed by atoms with Crippen molar-refractivity contribution in [3.05, 3.63) is 34.9 Å². The van der Waals surface area contributed by atoms with Crippen molar-refractivity contribution in [3.8, 4) is 0 Å². The van der Waals surface area contributed by atoms with Crippen molar-refractivity contribution in [2.75, 3.05) is 13.2 Å². The van der Waals surface area contributed by atoms with Gasteiger partial charge in [-0.2, -0.15) is 0 Å². The summed E-state index contributed by atoms with van der Waals surface area (Å²) >= 11 is 0. The lowest BCUT2D eigenvalue weighted by molar-refractivity contribution is -0.0445. The fourth-order valence-corrected chi connectivity index (χ4v) is 3.87. The monoisotopic (exact) mass is 274 g/mol. The van der Waals surface area contributed by atoms with E-state index in [9.17, 15) is 0 Å². The van der Waals surface area contributed by atoms with Crippen LogP contribution in [0.25, 0.3) is 0 Å². The van der Waals surface area contributed by atoms with E-state index in [4.69, 9.17) is 9.47 Å². The number of ether oxygens (including phenoxy) is 2. The first kappa shape index (κ1) is 14.1. The Kier molecular flexibility index (Phi) is 4.42. The summed E-state index contributed by atoms with van der Waals surface area (Å²) in [6, 6.07) is 6.91. The van der Waals surface area contributed by atoms with Crippen LogP contribution in [0.3, 0.4) is 0 Å². The van der Waals surface area contributed by atoms with Gasteiger partial charge in [-0.05, 0) is 42.7 Å². The summed E-state index contributed by atoms with van der Waals surface area (Å²) in [6.45, 7) is 5.96. The summed E-state index contributed by atoms with van der Waals surface area (Å²) in [5.41, 5.74) is 4.04. The van der Waals surface area contributed by atoms with Crippen LogP contribution in [0.2, 0.25) is 0 Å². The zero-order valence-corrected chi connectivity index (χ0v) is 12.7. The van der Waals surface area contributed by atoms with E-state index in [0.717, 1.165) is 11.8 Å². The Balaban J connectivity index is 1.81. The largest absolute Gasteiger partial charge is 0.346 e. The summed E-state index contributed by atoms with van der Waals surface area (Å²) in [4.78, 5) is 0. The molecule has 3 rings (SSSR count). The molecule has 0 amide bonds. The highest BCUT2D eigenvalue weighted by Crippen LogP contribution is 2.40. The number of hydrogen-bond donors (Lipinski definition) is 0. The van der Waals surface area contributed by atoms with Gasteiger partial charge in [0.15, 0.2) is 6.29 Å². The Hall–Kier alpha value is -0.860. The zero-order chi connectivity index (χ0) is 13.9. The molecule has 1 aliphatic carbocycles. The smallest absolute Gasteiger partial charge is 0.184 e. The molecular weight excluding hydrogens is 248 g/mol. The number of hydrogen-bond acceptors (Lipinski definition) is 2. The molecule has 1 aromatic carbocycles. The molecule has 1 saturated heterocycles. The standard InChI is InChI=1S/C18H26O2/c1-3-14-6-4-5-7-17(14)15-8-9-16(13(2)12-15)18-19-10-11-20-18/h8-9,12,14,17-18H,3-7,10-11H2,1-2H3. The van der Waals surface area contributed by atoms with Gasteiger partial charge in [-0.25, -0.2) is 0 Å². The minimum atomic E-state index is -0.141. The van der Waals surface area contributed by atoms with Gasteiger partial charge in [0, 0.05) is 5.56 Å². The molecule has 2 fully saturated rings. The van der Waals surface area contributed by atoms with Gasteiger partial charge < -0.3 is 9.47 Å². The summed E-state index contributed by atoms with van der Waals surface area (Å²) in [5.74, 6) is 1.62. The van der Waals surface area contributed by atoms with E-state index < -0.39 is 0 Å². The van der Waals surface area contributed by atoms with Gasteiger partial charge in [0.25, 0.3) is 0 Å². The van der Waals surface area contributed by atoms with Crippen molar-refractivity contribution in [2.45, 2.75) is 58.2 Å². The molecule has 2 nitrogen and oxygen atoms in total. The van der Waals surface area contributed by atoms with E-state index in [0.29, 0.717) is 13.2 Å². The van der Waals surface area contributed by atoms with Gasteiger partial charge in [0.05, 0.1) is 13.2 Å². The fraction of sp³-hybridized carbons (Fsp3) is 0.667. The van der Waals surface area contributed by atoms with Crippen LogP contribution in [0.5, 0.6) is 0 Å². The Bertz CT molecular complexity index is 449. The maximum Gasteiger partial charge on any atom is 0.184 e. The minimum Gasteiger partial charge on any atom is -0.346 e. The summed E-state index contributed by atoms with van der Waals surface area (Å²) in [6.07, 6.45) is 6.72. The average Bonchev–Trinajstić information content (AvgIpc) is 3.01. The van der Waals surface area contributed by atoms with Crippen molar-refractivity contribution < 1.29 is 9.47 Å². The first-order valence-electron chi connectivity index (χ1n) is 8.13. The second-order valence-electron chi connectivity index (χ2n) is 6.25. The van der Waals surface area contributed by atoms with E-state index in [1.165, 1.54) is 48.8 Å². The average molecular weight is 274 g/mol. The topological polar surface area (TPSA) is 18.5 Å². The highest BCUT2D eigenvalue weighted by molar-refractivity contribution is 5.34. The highest BCUT2D eigenvalue weighted by Gasteiger charge is 2.26. The Morgan fingerprint density at radius 2 is 1.85 bits per heavy atom. The molecule has 2 unspecified atom stereocenters. The lowest BCUT2D eigenvalue weighted by atomic mass is 9.74. The van der Waals surface area contributed by atoms with E-state index >= 15 is 0 Å². The molecule has 1 aliphatic heterocycles. The third-order valence-electron chi connectivity index (χ3n) is 5.03. The third-order valence-corrected chi connectivity index (χ3v) is 5.03. The predicted molar refractivity (Wildman–Crippen MR) is 80.8 cm³/mol. The van der Waals surface area contributed by atoms with Crippen LogP contribution in [0, 0.1) is 12.8 Å². The zero-order valence-electron chi connectivity index (χ0n) is 12.7. The van der Waals surface area contributed by atoms with Crippen LogP contribution in [0.15, 0.2) is 18.2 Å². The van der Waals surface area contributed by atoms with Gasteiger partial charge in [-0.1, -0.05) is 44.4 Å². The maximum absolute atomic E-state index is 5.63. The molecule has 0 radical (unpaired) electrons. The molecule has 2 atom stereocenters. The van der Waals surface area contributed by atoms with Gasteiger partial charge in [-0.15, -0.1) is 0 Å². The summed E-state index contributed by atoms with van der Waals surface area (Å²) in [5, 5.41) is 0. The van der Waals surface area contributed by atoms with Crippen LogP contribution >= 0.6 is 0 Å².